The van der Waals surface area contributed by atoms with Crippen LogP contribution in [0.5, 0.6) is 0 Å². The number of benzene rings is 2. The molecule has 2 bridgehead atoms. The van der Waals surface area contributed by atoms with E-state index in [0.29, 0.717) is 11.7 Å². The van der Waals surface area contributed by atoms with Gasteiger partial charge in [0.2, 0.25) is 0 Å². The Morgan fingerprint density at radius 1 is 1.12 bits per heavy atom. The Labute approximate surface area is 150 Å². The molecule has 0 aliphatic heterocycles. The molecule has 25 heavy (non-hydrogen) atoms. The standard InChI is InChI=1S/C24H26O/c1-2-3-4-16-5-7-18-14-22-21(13-19(18)11-16)23(25)9-10-24(22)15-17-6-8-20(24)12-17/h5-8,11,13-14,17,20H,2-4,9-10,12,15H2,1H3. The van der Waals surface area contributed by atoms with Crippen LogP contribution in [-0.2, 0) is 11.8 Å². The number of ketones is 1. The Kier molecular flexibility index (Phi) is 3.42. The Morgan fingerprint density at radius 3 is 2.80 bits per heavy atom. The van der Waals surface area contributed by atoms with Crippen molar-refractivity contribution in [2.45, 2.75) is 57.3 Å². The van der Waals surface area contributed by atoms with Crippen LogP contribution in [0.1, 0.15) is 66.9 Å². The summed E-state index contributed by atoms with van der Waals surface area (Å²) in [4.78, 5) is 12.7. The van der Waals surface area contributed by atoms with Gasteiger partial charge in [-0.2, -0.15) is 0 Å². The van der Waals surface area contributed by atoms with E-state index in [-0.39, 0.29) is 5.41 Å². The molecule has 1 nitrogen and oxygen atoms in total. The topological polar surface area (TPSA) is 17.1 Å². The van der Waals surface area contributed by atoms with Gasteiger partial charge >= 0.3 is 0 Å². The fourth-order valence-electron chi connectivity index (χ4n) is 5.68. The second-order valence-corrected chi connectivity index (χ2v) is 8.45. The smallest absolute Gasteiger partial charge is 0.163 e. The first-order valence-electron chi connectivity index (χ1n) is 9.98. The number of carbonyl (C=O) groups excluding carboxylic acids is 1. The number of hydrogen-bond donors (Lipinski definition) is 0. The van der Waals surface area contributed by atoms with Crippen LogP contribution in [0.15, 0.2) is 42.5 Å². The molecular formula is C24H26O. The van der Waals surface area contributed by atoms with Crippen molar-refractivity contribution < 1.29 is 4.79 Å². The molecule has 1 spiro atoms. The normalized spacial score (nSPS) is 29.7. The molecule has 0 amide bonds. The van der Waals surface area contributed by atoms with E-state index in [4.69, 9.17) is 0 Å². The zero-order valence-corrected chi connectivity index (χ0v) is 15.1. The zero-order valence-electron chi connectivity index (χ0n) is 15.1. The predicted molar refractivity (Wildman–Crippen MR) is 103 cm³/mol. The Hall–Kier alpha value is -1.89. The van der Waals surface area contributed by atoms with Crippen molar-refractivity contribution in [2.24, 2.45) is 11.8 Å². The minimum absolute atomic E-state index is 0.234. The van der Waals surface area contributed by atoms with E-state index < -0.39 is 0 Å². The molecule has 1 fully saturated rings. The van der Waals surface area contributed by atoms with Gasteiger partial charge in [0.1, 0.15) is 0 Å². The van der Waals surface area contributed by atoms with Crippen molar-refractivity contribution in [3.05, 3.63) is 59.2 Å². The van der Waals surface area contributed by atoms with Gasteiger partial charge in [0.05, 0.1) is 0 Å². The molecule has 2 aromatic rings. The van der Waals surface area contributed by atoms with Gasteiger partial charge in [-0.25, -0.2) is 0 Å². The summed E-state index contributed by atoms with van der Waals surface area (Å²) in [6.45, 7) is 2.24. The van der Waals surface area contributed by atoms with Gasteiger partial charge < -0.3 is 0 Å². The molecule has 0 saturated heterocycles. The van der Waals surface area contributed by atoms with Crippen LogP contribution >= 0.6 is 0 Å². The average Bonchev–Trinajstić information content (AvgIpc) is 3.24. The van der Waals surface area contributed by atoms with Crippen LogP contribution in [0.3, 0.4) is 0 Å². The highest BCUT2D eigenvalue weighted by Gasteiger charge is 2.52. The number of aryl methyl sites for hydroxylation is 1. The van der Waals surface area contributed by atoms with E-state index in [1.807, 2.05) is 0 Å². The molecule has 128 valence electrons. The van der Waals surface area contributed by atoms with Gasteiger partial charge in [0.25, 0.3) is 0 Å². The molecule has 3 aliphatic rings. The van der Waals surface area contributed by atoms with Gasteiger partial charge in [-0.05, 0) is 78.0 Å². The third kappa shape index (κ3) is 2.25. The van der Waals surface area contributed by atoms with Gasteiger partial charge in [0.15, 0.2) is 5.78 Å². The van der Waals surface area contributed by atoms with E-state index >= 15 is 0 Å². The number of allylic oxidation sites excluding steroid dienone is 2. The zero-order chi connectivity index (χ0) is 17.0. The lowest BCUT2D eigenvalue weighted by Crippen LogP contribution is -2.36. The molecule has 1 heteroatoms. The van der Waals surface area contributed by atoms with Crippen molar-refractivity contribution in [1.29, 1.82) is 0 Å². The van der Waals surface area contributed by atoms with Gasteiger partial charge in [0, 0.05) is 17.4 Å². The highest BCUT2D eigenvalue weighted by atomic mass is 16.1. The first-order valence-corrected chi connectivity index (χ1v) is 9.98. The molecular weight excluding hydrogens is 304 g/mol. The second kappa shape index (κ2) is 5.56. The Balaban J connectivity index is 1.65. The summed E-state index contributed by atoms with van der Waals surface area (Å²) in [6, 6.07) is 11.4. The lowest BCUT2D eigenvalue weighted by molar-refractivity contribution is 0.0944. The summed E-state index contributed by atoms with van der Waals surface area (Å²) < 4.78 is 0. The van der Waals surface area contributed by atoms with Crippen LogP contribution in [-0.4, -0.2) is 5.78 Å². The molecule has 5 rings (SSSR count). The van der Waals surface area contributed by atoms with Crippen molar-refractivity contribution in [3.8, 4) is 0 Å². The number of unbranched alkanes of at least 4 members (excludes halogenated alkanes) is 1. The number of hydrogen-bond acceptors (Lipinski definition) is 1. The lowest BCUT2D eigenvalue weighted by atomic mass is 9.62. The van der Waals surface area contributed by atoms with Gasteiger partial charge in [-0.15, -0.1) is 0 Å². The summed E-state index contributed by atoms with van der Waals surface area (Å²) in [5.41, 5.74) is 4.01. The first-order chi connectivity index (χ1) is 12.2. The third-order valence-electron chi connectivity index (χ3n) is 7.00. The summed E-state index contributed by atoms with van der Waals surface area (Å²) >= 11 is 0. The van der Waals surface area contributed by atoms with Gasteiger partial charge in [-0.3, -0.25) is 4.79 Å². The van der Waals surface area contributed by atoms with Crippen molar-refractivity contribution >= 4 is 16.6 Å². The molecule has 0 N–H and O–H groups in total. The molecule has 0 aromatic heterocycles. The molecule has 3 unspecified atom stereocenters. The van der Waals surface area contributed by atoms with E-state index in [2.05, 4.69) is 49.4 Å². The minimum Gasteiger partial charge on any atom is -0.294 e. The first kappa shape index (κ1) is 15.4. The number of fused-ring (bicyclic) bond motifs is 6. The summed E-state index contributed by atoms with van der Waals surface area (Å²) in [7, 11) is 0. The van der Waals surface area contributed by atoms with E-state index in [1.165, 1.54) is 47.6 Å². The summed E-state index contributed by atoms with van der Waals surface area (Å²) in [5, 5.41) is 2.55. The van der Waals surface area contributed by atoms with Crippen molar-refractivity contribution in [3.63, 3.8) is 0 Å². The fraction of sp³-hybridized carbons (Fsp3) is 0.458. The van der Waals surface area contributed by atoms with E-state index in [1.54, 1.807) is 0 Å². The Morgan fingerprint density at radius 2 is 2.04 bits per heavy atom. The van der Waals surface area contributed by atoms with E-state index in [9.17, 15) is 4.79 Å². The average molecular weight is 330 g/mol. The van der Waals surface area contributed by atoms with Crippen LogP contribution in [0.25, 0.3) is 10.8 Å². The maximum Gasteiger partial charge on any atom is 0.163 e. The van der Waals surface area contributed by atoms with E-state index in [0.717, 1.165) is 30.7 Å². The quantitative estimate of drug-likeness (QED) is 0.631. The van der Waals surface area contributed by atoms with Gasteiger partial charge in [-0.1, -0.05) is 43.7 Å². The molecule has 0 heterocycles. The second-order valence-electron chi connectivity index (χ2n) is 8.45. The number of carbonyl (C=O) groups is 1. The summed E-state index contributed by atoms with van der Waals surface area (Å²) in [5.74, 6) is 1.73. The van der Waals surface area contributed by atoms with Crippen LogP contribution in [0, 0.1) is 11.8 Å². The highest BCUT2D eigenvalue weighted by Crippen LogP contribution is 2.58. The maximum atomic E-state index is 12.7. The monoisotopic (exact) mass is 330 g/mol. The molecule has 2 aromatic carbocycles. The number of rotatable bonds is 3. The number of Topliss-reactive ketones (excluding diaryl/α,β-unsaturated/α-hetero) is 1. The Bertz CT molecular complexity index is 890. The van der Waals surface area contributed by atoms with Crippen LogP contribution in [0.4, 0.5) is 0 Å². The molecule has 1 saturated carbocycles. The van der Waals surface area contributed by atoms with Crippen molar-refractivity contribution in [1.82, 2.24) is 0 Å². The van der Waals surface area contributed by atoms with Crippen LogP contribution in [0.2, 0.25) is 0 Å². The predicted octanol–water partition coefficient (Wildman–Crippen LogP) is 5.99. The SMILES string of the molecule is CCCCc1ccc2cc3c(cc2c1)C(=O)CCC31CC2C=CC1C2. The lowest BCUT2D eigenvalue weighted by Gasteiger charge is -2.40. The summed E-state index contributed by atoms with van der Waals surface area (Å²) in [6.07, 6.45) is 12.7. The minimum atomic E-state index is 0.234. The maximum absolute atomic E-state index is 12.7. The van der Waals surface area contributed by atoms with Crippen molar-refractivity contribution in [2.75, 3.05) is 0 Å². The third-order valence-corrected chi connectivity index (χ3v) is 7.00. The molecule has 3 atom stereocenters. The molecule has 3 aliphatic carbocycles. The molecule has 0 radical (unpaired) electrons. The largest absolute Gasteiger partial charge is 0.294 e. The van der Waals surface area contributed by atoms with Crippen LogP contribution < -0.4 is 0 Å². The highest BCUT2D eigenvalue weighted by molar-refractivity contribution is 6.03. The fourth-order valence-corrected chi connectivity index (χ4v) is 5.68.